The largest absolute Gasteiger partial charge is 0.331 e. The van der Waals surface area contributed by atoms with E-state index in [2.05, 4.69) is 4.99 Å². The predicted molar refractivity (Wildman–Crippen MR) is 33.0 cm³/mol. The van der Waals surface area contributed by atoms with E-state index in [0.29, 0.717) is 6.54 Å². The van der Waals surface area contributed by atoms with Gasteiger partial charge in [-0.2, -0.15) is 0 Å². The minimum atomic E-state index is -0.0648. The summed E-state index contributed by atoms with van der Waals surface area (Å²) in [5.74, 6) is -0.0648. The molecule has 7 heavy (non-hydrogen) atoms. The average molecular weight is 95.9 g/mol. The van der Waals surface area contributed by atoms with Gasteiger partial charge in [-0.15, -0.1) is 0 Å². The Morgan fingerprint density at radius 3 is 2.71 bits per heavy atom. The maximum atomic E-state index is 5.31. The van der Waals surface area contributed by atoms with Crippen LogP contribution in [0.1, 0.15) is 0 Å². The molecule has 0 saturated carbocycles. The lowest BCUT2D eigenvalue weighted by atomic mass is 9.89. The molecule has 0 amide bonds. The van der Waals surface area contributed by atoms with Gasteiger partial charge in [-0.25, -0.2) is 0 Å². The Kier molecular flexibility index (Phi) is 3.70. The van der Waals surface area contributed by atoms with Gasteiger partial charge in [-0.1, -0.05) is 0 Å². The van der Waals surface area contributed by atoms with Gasteiger partial charge in [0.15, 0.2) is 0 Å². The maximum Gasteiger partial charge on any atom is 0.0793 e. The Hall–Kier alpha value is -0.305. The van der Waals surface area contributed by atoms with E-state index in [1.54, 1.807) is 13.3 Å². The van der Waals surface area contributed by atoms with E-state index in [4.69, 9.17) is 13.6 Å². The summed E-state index contributed by atoms with van der Waals surface area (Å²) < 4.78 is 0. The van der Waals surface area contributed by atoms with Crippen LogP contribution in [0, 0.1) is 0 Å². The second-order valence-electron chi connectivity index (χ2n) is 1.31. The molecule has 0 aromatic carbocycles. The number of nitrogens with zero attached hydrogens (tertiary/aromatic N) is 1. The van der Waals surface area contributed by atoms with Crippen molar-refractivity contribution < 1.29 is 0 Å². The first-order chi connectivity index (χ1) is 3.31. The summed E-state index contributed by atoms with van der Waals surface area (Å²) in [5, 5.41) is 0. The number of hydrogen-bond acceptors (Lipinski definition) is 2. The van der Waals surface area contributed by atoms with Crippen LogP contribution < -0.4 is 5.73 Å². The van der Waals surface area contributed by atoms with Crippen LogP contribution in [0.5, 0.6) is 0 Å². The normalized spacial score (nSPS) is 15.1. The first-order valence-corrected chi connectivity index (χ1v) is 2.19. The third-order valence-electron chi connectivity index (χ3n) is 0.613. The molecule has 0 rings (SSSR count). The van der Waals surface area contributed by atoms with Gasteiger partial charge in [0.05, 0.1) is 7.85 Å². The number of nitrogens with two attached hydrogens (primary N) is 1. The van der Waals surface area contributed by atoms with Gasteiger partial charge in [-0.3, -0.25) is 0 Å². The minimum Gasteiger partial charge on any atom is -0.331 e. The monoisotopic (exact) mass is 96.1 g/mol. The molecule has 0 heterocycles. The lowest BCUT2D eigenvalue weighted by Gasteiger charge is -1.95. The van der Waals surface area contributed by atoms with E-state index < -0.39 is 0 Å². The Bertz CT molecular complexity index is 62.7. The molecule has 2 N–H and O–H groups in total. The highest BCUT2D eigenvalue weighted by atomic mass is 14.6. The zero-order valence-corrected chi connectivity index (χ0v) is 4.46. The van der Waals surface area contributed by atoms with Crippen LogP contribution in [0.4, 0.5) is 0 Å². The Morgan fingerprint density at radius 2 is 2.57 bits per heavy atom. The van der Waals surface area contributed by atoms with Gasteiger partial charge in [0, 0.05) is 7.05 Å². The van der Waals surface area contributed by atoms with Crippen LogP contribution in [0.15, 0.2) is 4.99 Å². The number of rotatable bonds is 2. The molecule has 2 nitrogen and oxygen atoms in total. The zero-order valence-electron chi connectivity index (χ0n) is 4.46. The Labute approximate surface area is 45.2 Å². The summed E-state index contributed by atoms with van der Waals surface area (Å²) in [5.41, 5.74) is 5.14. The highest BCUT2D eigenvalue weighted by Crippen LogP contribution is 1.85. The van der Waals surface area contributed by atoms with Crippen molar-refractivity contribution in [3.63, 3.8) is 0 Å². The van der Waals surface area contributed by atoms with Crippen molar-refractivity contribution in [3.05, 3.63) is 0 Å². The van der Waals surface area contributed by atoms with Crippen LogP contribution in [0.3, 0.4) is 0 Å². The molecule has 0 fully saturated rings. The van der Waals surface area contributed by atoms with E-state index >= 15 is 0 Å². The molecular formula is C4H9BN2. The van der Waals surface area contributed by atoms with Crippen LogP contribution in [-0.2, 0) is 0 Å². The molecule has 0 aliphatic carbocycles. The first-order valence-electron chi connectivity index (χ1n) is 2.19. The highest BCUT2D eigenvalue weighted by molar-refractivity contribution is 6.20. The van der Waals surface area contributed by atoms with Crippen LogP contribution in [0.2, 0.25) is 5.82 Å². The predicted octanol–water partition coefficient (Wildman–Crippen LogP) is -0.397. The van der Waals surface area contributed by atoms with Gasteiger partial charge in [0.25, 0.3) is 0 Å². The van der Waals surface area contributed by atoms with Crippen LogP contribution in [0.25, 0.3) is 0 Å². The minimum absolute atomic E-state index is 0.0648. The fourth-order valence-corrected chi connectivity index (χ4v) is 0.252. The fourth-order valence-electron chi connectivity index (χ4n) is 0.252. The van der Waals surface area contributed by atoms with Crippen molar-refractivity contribution >= 4 is 14.1 Å². The molecule has 1 unspecified atom stereocenters. The van der Waals surface area contributed by atoms with Crippen molar-refractivity contribution in [1.82, 2.24) is 0 Å². The van der Waals surface area contributed by atoms with Crippen molar-refractivity contribution in [2.75, 3.05) is 13.6 Å². The quantitative estimate of drug-likeness (QED) is 0.368. The van der Waals surface area contributed by atoms with Gasteiger partial charge < -0.3 is 10.7 Å². The first kappa shape index (κ1) is 6.69. The van der Waals surface area contributed by atoms with Crippen LogP contribution >= 0.6 is 0 Å². The second-order valence-corrected chi connectivity index (χ2v) is 1.31. The zero-order chi connectivity index (χ0) is 5.70. The summed E-state index contributed by atoms with van der Waals surface area (Å²) in [6, 6.07) is 0. The summed E-state index contributed by atoms with van der Waals surface area (Å²) >= 11 is 0. The lowest BCUT2D eigenvalue weighted by molar-refractivity contribution is 1.05. The SMILES string of the molecule is [B]C(C=NC)CN. The fraction of sp³-hybridized carbons (Fsp3) is 0.750. The number of aliphatic imine (C=N–C) groups is 1. The standard InChI is InChI=1S/C4H9BN2/c1-7-3-4(5)2-6/h3-4H,2,6H2,1H3. The molecule has 38 valence electrons. The molecule has 0 spiro atoms. The molecular weight excluding hydrogens is 86.9 g/mol. The Morgan fingerprint density at radius 1 is 2.00 bits per heavy atom. The summed E-state index contributed by atoms with van der Waals surface area (Å²) in [4.78, 5) is 3.68. The Balaban J connectivity index is 3.16. The molecule has 0 bridgehead atoms. The molecule has 3 heteroatoms. The average Bonchev–Trinajstić information content (AvgIpc) is 1.68. The van der Waals surface area contributed by atoms with Crippen LogP contribution in [-0.4, -0.2) is 27.7 Å². The van der Waals surface area contributed by atoms with Gasteiger partial charge >= 0.3 is 0 Å². The van der Waals surface area contributed by atoms with E-state index in [-0.39, 0.29) is 5.82 Å². The molecule has 0 aliphatic rings. The van der Waals surface area contributed by atoms with Crippen molar-refractivity contribution in [1.29, 1.82) is 0 Å². The summed E-state index contributed by atoms with van der Waals surface area (Å²) in [7, 11) is 6.99. The smallest absolute Gasteiger partial charge is 0.0793 e. The topological polar surface area (TPSA) is 38.4 Å². The molecule has 2 radical (unpaired) electrons. The van der Waals surface area contributed by atoms with E-state index in [1.165, 1.54) is 0 Å². The van der Waals surface area contributed by atoms with E-state index in [9.17, 15) is 0 Å². The molecule has 0 aromatic heterocycles. The molecule has 0 aliphatic heterocycles. The lowest BCUT2D eigenvalue weighted by Crippen LogP contribution is -2.09. The van der Waals surface area contributed by atoms with Crippen molar-refractivity contribution in [3.8, 4) is 0 Å². The van der Waals surface area contributed by atoms with Gasteiger partial charge in [0.2, 0.25) is 0 Å². The summed E-state index contributed by atoms with van der Waals surface area (Å²) in [6.07, 6.45) is 1.62. The highest BCUT2D eigenvalue weighted by Gasteiger charge is 1.87. The van der Waals surface area contributed by atoms with Crippen molar-refractivity contribution in [2.24, 2.45) is 10.7 Å². The molecule has 1 atom stereocenters. The second kappa shape index (κ2) is 3.87. The number of hydrogen-bond donors (Lipinski definition) is 1. The van der Waals surface area contributed by atoms with E-state index in [0.717, 1.165) is 0 Å². The van der Waals surface area contributed by atoms with Gasteiger partial charge in [0.1, 0.15) is 0 Å². The third-order valence-corrected chi connectivity index (χ3v) is 0.613. The molecule has 0 aromatic rings. The van der Waals surface area contributed by atoms with Crippen molar-refractivity contribution in [2.45, 2.75) is 5.82 Å². The third kappa shape index (κ3) is 3.53. The summed E-state index contributed by atoms with van der Waals surface area (Å²) in [6.45, 7) is 0.470. The molecule has 0 saturated heterocycles. The van der Waals surface area contributed by atoms with Gasteiger partial charge in [-0.05, 0) is 18.6 Å². The maximum absolute atomic E-state index is 5.31. The van der Waals surface area contributed by atoms with E-state index in [1.807, 2.05) is 0 Å².